The number of carbonyl (C=O) groups excluding carboxylic acids is 2. The predicted octanol–water partition coefficient (Wildman–Crippen LogP) is 1.03. The van der Waals surface area contributed by atoms with Crippen molar-refractivity contribution in [1.82, 2.24) is 0 Å². The van der Waals surface area contributed by atoms with Crippen LogP contribution in [0.4, 0.5) is 0 Å². The summed E-state index contributed by atoms with van der Waals surface area (Å²) in [4.78, 5) is 21.3. The number of carbonyl (C=O) groups is 2. The molecule has 1 rings (SSSR count). The Hall–Kier alpha value is -0.660. The summed E-state index contributed by atoms with van der Waals surface area (Å²) in [6.45, 7) is 5.06. The zero-order valence-electron chi connectivity index (χ0n) is 5.80. The van der Waals surface area contributed by atoms with Crippen molar-refractivity contribution < 1.29 is 9.59 Å². The molecule has 2 nitrogen and oxygen atoms in total. The molecular formula is C8H10O2. The van der Waals surface area contributed by atoms with E-state index in [0.29, 0.717) is 25.7 Å². The van der Waals surface area contributed by atoms with E-state index in [1.807, 2.05) is 0 Å². The standard InChI is InChI=1S/C8H10O2/c1-6(9)7-2-4-8(10)5-3-7/h1,7H,2-5H2. The van der Waals surface area contributed by atoms with Crippen molar-refractivity contribution in [2.24, 2.45) is 5.92 Å². The summed E-state index contributed by atoms with van der Waals surface area (Å²) in [6.07, 6.45) is 2.39. The van der Waals surface area contributed by atoms with Gasteiger partial charge in [-0.2, -0.15) is 0 Å². The van der Waals surface area contributed by atoms with Crippen LogP contribution in [-0.2, 0) is 9.59 Å². The van der Waals surface area contributed by atoms with Crippen LogP contribution >= 0.6 is 0 Å². The highest BCUT2D eigenvalue weighted by molar-refractivity contribution is 5.88. The number of ketones is 2. The van der Waals surface area contributed by atoms with Crippen molar-refractivity contribution in [3.05, 3.63) is 6.92 Å². The van der Waals surface area contributed by atoms with E-state index in [4.69, 9.17) is 6.92 Å². The van der Waals surface area contributed by atoms with Crippen molar-refractivity contribution in [2.45, 2.75) is 25.7 Å². The number of rotatable bonds is 1. The monoisotopic (exact) mass is 138 g/mol. The molecule has 0 aromatic rings. The Balaban J connectivity index is 2.40. The number of hydrogen-bond donors (Lipinski definition) is 0. The maximum absolute atomic E-state index is 10.7. The minimum Gasteiger partial charge on any atom is -0.300 e. The molecule has 0 heterocycles. The quantitative estimate of drug-likeness (QED) is 0.542. The highest BCUT2D eigenvalue weighted by Gasteiger charge is 2.21. The van der Waals surface area contributed by atoms with Crippen molar-refractivity contribution in [3.63, 3.8) is 0 Å². The average Bonchev–Trinajstić information content (AvgIpc) is 1.88. The second kappa shape index (κ2) is 2.95. The maximum atomic E-state index is 10.7. The average molecular weight is 138 g/mol. The molecule has 0 unspecified atom stereocenters. The lowest BCUT2D eigenvalue weighted by Crippen LogP contribution is -2.19. The van der Waals surface area contributed by atoms with E-state index in [0.717, 1.165) is 0 Å². The van der Waals surface area contributed by atoms with Gasteiger partial charge in [0.25, 0.3) is 0 Å². The molecule has 0 aromatic heterocycles. The van der Waals surface area contributed by atoms with Crippen LogP contribution in [0.3, 0.4) is 0 Å². The lowest BCUT2D eigenvalue weighted by atomic mass is 9.86. The fourth-order valence-corrected chi connectivity index (χ4v) is 1.22. The molecule has 0 spiro atoms. The summed E-state index contributed by atoms with van der Waals surface area (Å²) < 4.78 is 0. The van der Waals surface area contributed by atoms with Crippen LogP contribution in [0.25, 0.3) is 0 Å². The first-order valence-electron chi connectivity index (χ1n) is 3.51. The van der Waals surface area contributed by atoms with Crippen LogP contribution in [0, 0.1) is 12.8 Å². The predicted molar refractivity (Wildman–Crippen MR) is 36.3 cm³/mol. The molecule has 54 valence electrons. The fraction of sp³-hybridized carbons (Fsp3) is 0.625. The molecule has 10 heavy (non-hydrogen) atoms. The van der Waals surface area contributed by atoms with E-state index in [1.165, 1.54) is 0 Å². The molecule has 0 amide bonds. The third-order valence-electron chi connectivity index (χ3n) is 1.95. The van der Waals surface area contributed by atoms with Gasteiger partial charge >= 0.3 is 0 Å². The normalized spacial score (nSPS) is 21.1. The molecule has 1 saturated carbocycles. The number of Topliss-reactive ketones (excluding diaryl/α,β-unsaturated/α-hetero) is 2. The van der Waals surface area contributed by atoms with Gasteiger partial charge in [-0.25, -0.2) is 0 Å². The maximum Gasteiger partial charge on any atom is 0.140 e. The van der Waals surface area contributed by atoms with E-state index < -0.39 is 0 Å². The second-order valence-electron chi connectivity index (χ2n) is 2.72. The van der Waals surface area contributed by atoms with Gasteiger partial charge < -0.3 is 0 Å². The molecule has 2 heteroatoms. The summed E-state index contributed by atoms with van der Waals surface area (Å²) in [5.74, 6) is -0.0392. The molecular weight excluding hydrogens is 128 g/mol. The topological polar surface area (TPSA) is 34.1 Å². The lowest BCUT2D eigenvalue weighted by molar-refractivity contribution is -0.124. The summed E-state index contributed by atoms with van der Waals surface area (Å²) in [6, 6.07) is 0. The van der Waals surface area contributed by atoms with Gasteiger partial charge in [-0.3, -0.25) is 9.59 Å². The van der Waals surface area contributed by atoms with Crippen LogP contribution in [0.5, 0.6) is 0 Å². The Morgan fingerprint density at radius 2 is 1.90 bits per heavy atom. The Kier molecular flexibility index (Phi) is 2.20. The Morgan fingerprint density at radius 1 is 1.40 bits per heavy atom. The first kappa shape index (κ1) is 7.45. The van der Waals surface area contributed by atoms with Gasteiger partial charge in [0.1, 0.15) is 11.6 Å². The van der Waals surface area contributed by atoms with Crippen molar-refractivity contribution in [3.8, 4) is 0 Å². The minimum absolute atomic E-state index is 0.0438. The van der Waals surface area contributed by atoms with Crippen LogP contribution in [0.15, 0.2) is 0 Å². The number of hydrogen-bond acceptors (Lipinski definition) is 2. The van der Waals surface area contributed by atoms with Gasteiger partial charge in [0.05, 0.1) is 0 Å². The van der Waals surface area contributed by atoms with Crippen molar-refractivity contribution in [2.75, 3.05) is 0 Å². The zero-order valence-corrected chi connectivity index (χ0v) is 5.80. The van der Waals surface area contributed by atoms with Gasteiger partial charge in [0.15, 0.2) is 0 Å². The molecule has 2 radical (unpaired) electrons. The smallest absolute Gasteiger partial charge is 0.140 e. The molecule has 1 aliphatic rings. The van der Waals surface area contributed by atoms with Crippen LogP contribution in [0.1, 0.15) is 25.7 Å². The lowest BCUT2D eigenvalue weighted by Gasteiger charge is -2.16. The zero-order chi connectivity index (χ0) is 7.56. The highest BCUT2D eigenvalue weighted by Crippen LogP contribution is 2.21. The van der Waals surface area contributed by atoms with E-state index in [1.54, 1.807) is 0 Å². The highest BCUT2D eigenvalue weighted by atomic mass is 16.1. The summed E-state index contributed by atoms with van der Waals surface area (Å²) in [5, 5.41) is 0. The SMILES string of the molecule is [CH]C(=O)C1CCC(=O)CC1. The molecule has 1 fully saturated rings. The van der Waals surface area contributed by atoms with Gasteiger partial charge in [-0.1, -0.05) is 0 Å². The first-order valence-corrected chi connectivity index (χ1v) is 3.51. The molecule has 0 N–H and O–H groups in total. The van der Waals surface area contributed by atoms with E-state index in [-0.39, 0.29) is 17.5 Å². The largest absolute Gasteiger partial charge is 0.300 e. The molecule has 0 saturated heterocycles. The second-order valence-corrected chi connectivity index (χ2v) is 2.72. The fourth-order valence-electron chi connectivity index (χ4n) is 1.22. The summed E-state index contributed by atoms with van der Waals surface area (Å²) >= 11 is 0. The van der Waals surface area contributed by atoms with Crippen molar-refractivity contribution in [1.29, 1.82) is 0 Å². The Morgan fingerprint density at radius 3 is 2.30 bits per heavy atom. The Labute approximate surface area is 60.6 Å². The van der Waals surface area contributed by atoms with Gasteiger partial charge in [-0.05, 0) is 12.8 Å². The Bertz CT molecular complexity index is 151. The van der Waals surface area contributed by atoms with E-state index >= 15 is 0 Å². The molecule has 0 bridgehead atoms. The minimum atomic E-state index is -0.257. The van der Waals surface area contributed by atoms with Crippen molar-refractivity contribution >= 4 is 11.6 Å². The van der Waals surface area contributed by atoms with Gasteiger partial charge in [0.2, 0.25) is 0 Å². The van der Waals surface area contributed by atoms with Crippen LogP contribution in [0.2, 0.25) is 0 Å². The third-order valence-corrected chi connectivity index (χ3v) is 1.95. The molecule has 0 atom stereocenters. The van der Waals surface area contributed by atoms with Gasteiger partial charge in [-0.15, -0.1) is 0 Å². The molecule has 1 aliphatic carbocycles. The van der Waals surface area contributed by atoms with Crippen LogP contribution in [-0.4, -0.2) is 11.6 Å². The summed E-state index contributed by atoms with van der Waals surface area (Å²) in [7, 11) is 0. The summed E-state index contributed by atoms with van der Waals surface area (Å²) in [5.41, 5.74) is 0. The van der Waals surface area contributed by atoms with E-state index in [2.05, 4.69) is 0 Å². The van der Waals surface area contributed by atoms with E-state index in [9.17, 15) is 9.59 Å². The molecule has 0 aliphatic heterocycles. The molecule has 0 aromatic carbocycles. The first-order chi connectivity index (χ1) is 4.70. The van der Waals surface area contributed by atoms with Crippen LogP contribution < -0.4 is 0 Å². The third kappa shape index (κ3) is 1.66. The van der Waals surface area contributed by atoms with Gasteiger partial charge in [0, 0.05) is 25.7 Å².